The van der Waals surface area contributed by atoms with Crippen LogP contribution in [0, 0.1) is 28.9 Å². The van der Waals surface area contributed by atoms with Gasteiger partial charge >= 0.3 is 21.8 Å². The van der Waals surface area contributed by atoms with Crippen LogP contribution >= 0.6 is 0 Å². The van der Waals surface area contributed by atoms with Gasteiger partial charge in [0.2, 0.25) is 0 Å². The van der Waals surface area contributed by atoms with Gasteiger partial charge in [0, 0.05) is 11.1 Å². The molecule has 13 heteroatoms. The number of alkyl halides is 7. The zero-order valence-electron chi connectivity index (χ0n) is 18.9. The van der Waals surface area contributed by atoms with Gasteiger partial charge in [0.05, 0.1) is 0 Å². The Bertz CT molecular complexity index is 1130. The first kappa shape index (κ1) is 28.4. The van der Waals surface area contributed by atoms with Gasteiger partial charge in [-0.1, -0.05) is 56.9 Å². The molecule has 3 nitrogen and oxygen atoms in total. The third-order valence-corrected chi connectivity index (χ3v) is 7.84. The van der Waals surface area contributed by atoms with Crippen molar-refractivity contribution in [2.24, 2.45) is 17.3 Å². The second-order valence-corrected chi connectivity index (χ2v) is 10.5. The van der Waals surface area contributed by atoms with E-state index in [2.05, 4.69) is 4.18 Å². The highest BCUT2D eigenvalue weighted by molar-refractivity contribution is 7.87. The van der Waals surface area contributed by atoms with Crippen LogP contribution in [0.25, 0.3) is 5.57 Å². The Balaban J connectivity index is 2.19. The van der Waals surface area contributed by atoms with Crippen LogP contribution in [0.1, 0.15) is 51.0 Å². The highest BCUT2D eigenvalue weighted by Gasteiger charge is 2.66. The van der Waals surface area contributed by atoms with Crippen molar-refractivity contribution >= 4 is 15.7 Å². The monoisotopic (exact) mass is 550 g/mol. The van der Waals surface area contributed by atoms with Crippen LogP contribution in [-0.2, 0) is 14.3 Å². The summed E-state index contributed by atoms with van der Waals surface area (Å²) in [5.74, 6) is -6.52. The van der Waals surface area contributed by atoms with Crippen LogP contribution in [0.15, 0.2) is 36.1 Å². The first-order valence-electron chi connectivity index (χ1n) is 11.2. The Morgan fingerprint density at radius 2 is 1.64 bits per heavy atom. The first-order chi connectivity index (χ1) is 16.6. The van der Waals surface area contributed by atoms with E-state index in [1.54, 1.807) is 0 Å². The summed E-state index contributed by atoms with van der Waals surface area (Å²) in [7, 11) is -6.65. The van der Waals surface area contributed by atoms with Crippen LogP contribution in [-0.4, -0.2) is 26.3 Å². The standard InChI is InChI=1S/C23H23F9O3S/c1-2-4-13-7-9-14(10-8-13)21(22(27,28)29)12-11-16(15-5-3-6-17(24)18(15)25)19(20(21)26)35-36(33,34)23(30,31)32/h3,5-6,11-14,20H,2,4,7-10H2,1H3. The second-order valence-electron chi connectivity index (χ2n) is 9.00. The smallest absolute Gasteiger partial charge is 0.377 e. The van der Waals surface area contributed by atoms with Gasteiger partial charge in [-0.15, -0.1) is 0 Å². The number of benzene rings is 1. The van der Waals surface area contributed by atoms with Gasteiger partial charge in [0.15, 0.2) is 23.6 Å². The lowest BCUT2D eigenvalue weighted by Crippen LogP contribution is -2.53. The molecule has 36 heavy (non-hydrogen) atoms. The van der Waals surface area contributed by atoms with E-state index in [9.17, 15) is 43.5 Å². The lowest BCUT2D eigenvalue weighted by Gasteiger charge is -2.46. The molecule has 0 N–H and O–H groups in total. The molecule has 0 aliphatic heterocycles. The quantitative estimate of drug-likeness (QED) is 0.208. The van der Waals surface area contributed by atoms with Crippen LogP contribution < -0.4 is 0 Å². The minimum Gasteiger partial charge on any atom is -0.377 e. The zero-order chi connectivity index (χ0) is 27.1. The molecule has 2 unspecified atom stereocenters. The van der Waals surface area contributed by atoms with Gasteiger partial charge in [-0.05, 0) is 30.7 Å². The summed E-state index contributed by atoms with van der Waals surface area (Å²) in [6.45, 7) is 1.90. The predicted molar refractivity (Wildman–Crippen MR) is 112 cm³/mol. The number of allylic oxidation sites excluding steroid dienone is 4. The van der Waals surface area contributed by atoms with E-state index < -0.39 is 67.8 Å². The third-order valence-electron chi connectivity index (χ3n) is 6.88. The fourth-order valence-electron chi connectivity index (χ4n) is 5.08. The van der Waals surface area contributed by atoms with E-state index >= 15 is 4.39 Å². The molecule has 0 spiro atoms. The maximum atomic E-state index is 16.0. The Hall–Kier alpha value is -2.18. The van der Waals surface area contributed by atoms with E-state index in [-0.39, 0.29) is 18.8 Å². The fraction of sp³-hybridized carbons (Fsp3) is 0.565. The third kappa shape index (κ3) is 4.99. The fourth-order valence-corrected chi connectivity index (χ4v) is 5.58. The first-order valence-corrected chi connectivity index (χ1v) is 12.6. The summed E-state index contributed by atoms with van der Waals surface area (Å²) in [5.41, 5.74) is -11.6. The predicted octanol–water partition coefficient (Wildman–Crippen LogP) is 7.61. The van der Waals surface area contributed by atoms with Crippen molar-refractivity contribution in [1.29, 1.82) is 0 Å². The molecule has 0 heterocycles. The summed E-state index contributed by atoms with van der Waals surface area (Å²) >= 11 is 0. The zero-order valence-corrected chi connectivity index (χ0v) is 19.7. The van der Waals surface area contributed by atoms with Crippen molar-refractivity contribution in [2.75, 3.05) is 0 Å². The van der Waals surface area contributed by atoms with Crippen molar-refractivity contribution in [3.63, 3.8) is 0 Å². The van der Waals surface area contributed by atoms with Gasteiger partial charge in [0.1, 0.15) is 5.41 Å². The average Bonchev–Trinajstić information content (AvgIpc) is 2.76. The number of hydrogen-bond acceptors (Lipinski definition) is 3. The highest BCUT2D eigenvalue weighted by Crippen LogP contribution is 2.59. The van der Waals surface area contributed by atoms with Crippen LogP contribution in [0.3, 0.4) is 0 Å². The molecule has 3 rings (SSSR count). The molecule has 0 saturated heterocycles. The van der Waals surface area contributed by atoms with Crippen molar-refractivity contribution in [3.05, 3.63) is 53.3 Å². The Kier molecular flexibility index (Phi) is 7.84. The summed E-state index contributed by atoms with van der Waals surface area (Å²) in [5, 5.41) is 0. The maximum absolute atomic E-state index is 16.0. The van der Waals surface area contributed by atoms with Crippen LogP contribution in [0.4, 0.5) is 39.5 Å². The number of rotatable bonds is 6. The van der Waals surface area contributed by atoms with Gasteiger partial charge in [-0.3, -0.25) is 0 Å². The molecule has 202 valence electrons. The summed E-state index contributed by atoms with van der Waals surface area (Å²) in [6.07, 6.45) is -6.15. The molecule has 1 aromatic rings. The summed E-state index contributed by atoms with van der Waals surface area (Å²) in [4.78, 5) is 0. The van der Waals surface area contributed by atoms with E-state index in [0.29, 0.717) is 31.1 Å². The summed E-state index contributed by atoms with van der Waals surface area (Å²) < 4.78 is 154. The molecule has 2 aliphatic rings. The lowest BCUT2D eigenvalue weighted by molar-refractivity contribution is -0.246. The molecular weight excluding hydrogens is 527 g/mol. The average molecular weight is 550 g/mol. The van der Waals surface area contributed by atoms with Crippen molar-refractivity contribution in [2.45, 2.75) is 63.3 Å². The molecular formula is C23H23F9O3S. The van der Waals surface area contributed by atoms with E-state index in [0.717, 1.165) is 25.0 Å². The molecule has 0 radical (unpaired) electrons. The van der Waals surface area contributed by atoms with Crippen molar-refractivity contribution in [1.82, 2.24) is 0 Å². The van der Waals surface area contributed by atoms with Crippen molar-refractivity contribution < 1.29 is 52.1 Å². The van der Waals surface area contributed by atoms with Gasteiger partial charge < -0.3 is 4.18 Å². The number of hydrogen-bond donors (Lipinski definition) is 0. The molecule has 1 saturated carbocycles. The Labute approximate surface area is 202 Å². The molecule has 2 aliphatic carbocycles. The molecule has 0 bridgehead atoms. The minimum atomic E-state index is -6.65. The lowest BCUT2D eigenvalue weighted by atomic mass is 9.61. The molecule has 0 amide bonds. The topological polar surface area (TPSA) is 43.4 Å². The second kappa shape index (κ2) is 9.94. The highest BCUT2D eigenvalue weighted by atomic mass is 32.2. The number of halogens is 9. The minimum absolute atomic E-state index is 0.0935. The van der Waals surface area contributed by atoms with Gasteiger partial charge in [-0.25, -0.2) is 13.2 Å². The van der Waals surface area contributed by atoms with E-state index in [4.69, 9.17) is 0 Å². The van der Waals surface area contributed by atoms with Gasteiger partial charge in [0.25, 0.3) is 0 Å². The largest absolute Gasteiger partial charge is 0.534 e. The van der Waals surface area contributed by atoms with E-state index in [1.807, 2.05) is 6.92 Å². The maximum Gasteiger partial charge on any atom is 0.534 e. The summed E-state index contributed by atoms with van der Waals surface area (Å²) in [6, 6.07) is 2.24. The van der Waals surface area contributed by atoms with Crippen LogP contribution in [0.5, 0.6) is 0 Å². The van der Waals surface area contributed by atoms with Crippen molar-refractivity contribution in [3.8, 4) is 0 Å². The SMILES string of the molecule is CCCC1CCC(C2(C(F)(F)F)C=CC(c3cccc(F)c3F)=C(OS(=O)(=O)C(F)(F)F)C2F)CC1. The Morgan fingerprint density at radius 1 is 1.03 bits per heavy atom. The van der Waals surface area contributed by atoms with Gasteiger partial charge in [-0.2, -0.15) is 34.8 Å². The molecule has 0 aromatic heterocycles. The van der Waals surface area contributed by atoms with Crippen LogP contribution in [0.2, 0.25) is 0 Å². The molecule has 2 atom stereocenters. The Morgan fingerprint density at radius 3 is 2.17 bits per heavy atom. The van der Waals surface area contributed by atoms with E-state index in [1.165, 1.54) is 0 Å². The molecule has 1 aromatic carbocycles. The normalized spacial score (nSPS) is 27.9. The molecule has 1 fully saturated rings.